The first-order chi connectivity index (χ1) is 18.5. The van der Waals surface area contributed by atoms with Crippen molar-refractivity contribution in [2.75, 3.05) is 38.1 Å². The predicted octanol–water partition coefficient (Wildman–Crippen LogP) is 2.91. The number of hydrogen-bond acceptors (Lipinski definition) is 6. The van der Waals surface area contributed by atoms with E-state index in [0.29, 0.717) is 31.9 Å². The van der Waals surface area contributed by atoms with E-state index in [1.165, 1.54) is 0 Å². The third kappa shape index (κ3) is 8.39. The van der Waals surface area contributed by atoms with Crippen LogP contribution in [-0.2, 0) is 14.4 Å². The largest absolute Gasteiger partial charge is 0.490 e. The molecule has 0 radical (unpaired) electrons. The van der Waals surface area contributed by atoms with Crippen LogP contribution in [0.2, 0.25) is 0 Å². The Hall–Kier alpha value is -4.21. The number of piperazine rings is 1. The average molecular weight is 578 g/mol. The van der Waals surface area contributed by atoms with Gasteiger partial charge in [-0.25, -0.2) is 9.59 Å². The zero-order chi connectivity index (χ0) is 30.3. The number of pyridine rings is 1. The number of amides is 2. The maximum absolute atomic E-state index is 12.8. The van der Waals surface area contributed by atoms with E-state index in [1.54, 1.807) is 18.3 Å². The first kappa shape index (κ1) is 32.0. The number of carboxylic acid groups (broad SMARTS) is 2. The lowest BCUT2D eigenvalue weighted by molar-refractivity contribution is -0.193. The lowest BCUT2D eigenvalue weighted by Gasteiger charge is -2.46. The number of para-hydroxylation sites is 1. The molecule has 2 aromatic rings. The fourth-order valence-electron chi connectivity index (χ4n) is 3.92. The molecule has 0 bridgehead atoms. The van der Waals surface area contributed by atoms with Crippen molar-refractivity contribution in [1.82, 2.24) is 14.8 Å². The van der Waals surface area contributed by atoms with E-state index in [1.807, 2.05) is 53.2 Å². The Kier molecular flexibility index (Phi) is 10.2. The van der Waals surface area contributed by atoms with Crippen molar-refractivity contribution in [2.24, 2.45) is 0 Å². The van der Waals surface area contributed by atoms with Gasteiger partial charge in [-0.05, 0) is 37.7 Å². The molecule has 2 saturated heterocycles. The Bertz CT molecular complexity index is 1170. The van der Waals surface area contributed by atoms with E-state index in [9.17, 15) is 35.9 Å². The number of alkyl halides is 6. The minimum Gasteiger partial charge on any atom is -0.475 e. The minimum absolute atomic E-state index is 0.0426. The lowest BCUT2D eigenvalue weighted by Crippen LogP contribution is -2.64. The van der Waals surface area contributed by atoms with Crippen LogP contribution in [0.1, 0.15) is 16.9 Å². The predicted molar refractivity (Wildman–Crippen MR) is 126 cm³/mol. The number of benzene rings is 1. The van der Waals surface area contributed by atoms with E-state index >= 15 is 0 Å². The molecular formula is C24H24F6N4O6. The zero-order valence-electron chi connectivity index (χ0n) is 20.8. The molecule has 40 heavy (non-hydrogen) atoms. The molecule has 1 unspecified atom stereocenters. The van der Waals surface area contributed by atoms with Gasteiger partial charge in [-0.15, -0.1) is 0 Å². The van der Waals surface area contributed by atoms with Crippen molar-refractivity contribution in [3.63, 3.8) is 0 Å². The quantitative estimate of drug-likeness (QED) is 0.521. The van der Waals surface area contributed by atoms with E-state index in [0.717, 1.165) is 12.1 Å². The van der Waals surface area contributed by atoms with Crippen molar-refractivity contribution in [3.8, 4) is 0 Å². The molecule has 3 heterocycles. The van der Waals surface area contributed by atoms with Crippen molar-refractivity contribution in [1.29, 1.82) is 0 Å². The smallest absolute Gasteiger partial charge is 0.475 e. The molecule has 1 aromatic carbocycles. The summed E-state index contributed by atoms with van der Waals surface area (Å²) in [6, 6.07) is 15.1. The van der Waals surface area contributed by atoms with Crippen LogP contribution in [0.3, 0.4) is 0 Å². The Labute approximate surface area is 223 Å². The summed E-state index contributed by atoms with van der Waals surface area (Å²) in [4.78, 5) is 53.1. The summed E-state index contributed by atoms with van der Waals surface area (Å²) in [5, 5.41) is 14.2. The summed E-state index contributed by atoms with van der Waals surface area (Å²) in [5.74, 6) is -5.46. The molecule has 1 aromatic heterocycles. The lowest BCUT2D eigenvalue weighted by atomic mass is 9.92. The number of likely N-dealkylation sites (N-methyl/N-ethyl adjacent to an activating group) is 1. The van der Waals surface area contributed by atoms with Gasteiger partial charge >= 0.3 is 24.3 Å². The number of rotatable bonds is 2. The van der Waals surface area contributed by atoms with Gasteiger partial charge in [0.15, 0.2) is 0 Å². The minimum atomic E-state index is -5.08. The van der Waals surface area contributed by atoms with Gasteiger partial charge in [0.1, 0.15) is 5.69 Å². The molecule has 2 amide bonds. The Balaban J connectivity index is 0.000000333. The highest BCUT2D eigenvalue weighted by molar-refractivity contribution is 5.96. The normalized spacial score (nSPS) is 19.3. The van der Waals surface area contributed by atoms with Crippen LogP contribution in [0.5, 0.6) is 0 Å². The number of anilines is 1. The molecule has 1 spiro atoms. The van der Waals surface area contributed by atoms with Crippen LogP contribution in [-0.4, -0.2) is 99.9 Å². The molecule has 2 aliphatic rings. The first-order valence-corrected chi connectivity index (χ1v) is 11.3. The summed E-state index contributed by atoms with van der Waals surface area (Å²) < 4.78 is 63.5. The van der Waals surface area contributed by atoms with Gasteiger partial charge in [-0.3, -0.25) is 19.5 Å². The van der Waals surface area contributed by atoms with Crippen LogP contribution >= 0.6 is 0 Å². The highest BCUT2D eigenvalue weighted by atomic mass is 19.4. The fraction of sp³-hybridized carbons (Fsp3) is 0.375. The Morgan fingerprint density at radius 1 is 0.875 bits per heavy atom. The summed E-state index contributed by atoms with van der Waals surface area (Å²) in [6.07, 6.45) is -7.68. The standard InChI is InChI=1S/C20H22N4O2.2C2HF3O2/c1-22-13-18(25)24(16-7-3-2-4-8-16)15-20(22)10-12-23(14-20)19(26)17-9-5-6-11-21-17;2*3-2(4,5)1(6)7/h2-9,11H,10,12-15H2,1H3;2*(H,6,7). The molecule has 1 atom stereocenters. The molecule has 4 rings (SSSR count). The number of hydrogen-bond donors (Lipinski definition) is 2. The first-order valence-electron chi connectivity index (χ1n) is 11.3. The number of likely N-dealkylation sites (tertiary alicyclic amines) is 1. The highest BCUT2D eigenvalue weighted by Gasteiger charge is 2.49. The van der Waals surface area contributed by atoms with Crippen LogP contribution in [0.25, 0.3) is 0 Å². The second-order valence-corrected chi connectivity index (χ2v) is 8.69. The molecule has 0 aliphatic carbocycles. The number of carbonyl (C=O) groups excluding carboxylic acids is 2. The number of carboxylic acids is 2. The summed E-state index contributed by atoms with van der Waals surface area (Å²) in [6.45, 7) is 2.24. The van der Waals surface area contributed by atoms with Gasteiger partial charge in [0.2, 0.25) is 5.91 Å². The summed E-state index contributed by atoms with van der Waals surface area (Å²) in [5.41, 5.74) is 1.17. The number of aliphatic carboxylic acids is 2. The Morgan fingerprint density at radius 3 is 1.88 bits per heavy atom. The van der Waals surface area contributed by atoms with Gasteiger partial charge in [0.05, 0.1) is 12.1 Å². The van der Waals surface area contributed by atoms with E-state index in [2.05, 4.69) is 9.88 Å². The number of nitrogens with zero attached hydrogens (tertiary/aromatic N) is 4. The Morgan fingerprint density at radius 2 is 1.40 bits per heavy atom. The summed E-state index contributed by atoms with van der Waals surface area (Å²) in [7, 11) is 1.98. The molecule has 2 aliphatic heterocycles. The molecule has 16 heteroatoms. The maximum atomic E-state index is 12.8. The van der Waals surface area contributed by atoms with Crippen LogP contribution < -0.4 is 4.90 Å². The van der Waals surface area contributed by atoms with Gasteiger partial charge < -0.3 is 20.0 Å². The second-order valence-electron chi connectivity index (χ2n) is 8.69. The maximum Gasteiger partial charge on any atom is 0.490 e. The van der Waals surface area contributed by atoms with E-state index in [-0.39, 0.29) is 17.4 Å². The van der Waals surface area contributed by atoms with Crippen molar-refractivity contribution < 1.29 is 55.7 Å². The molecular weight excluding hydrogens is 554 g/mol. The number of carbonyl (C=O) groups is 4. The second kappa shape index (κ2) is 12.8. The van der Waals surface area contributed by atoms with Crippen LogP contribution in [0.4, 0.5) is 32.0 Å². The molecule has 2 fully saturated rings. The fourth-order valence-corrected chi connectivity index (χ4v) is 3.92. The van der Waals surface area contributed by atoms with Crippen LogP contribution in [0.15, 0.2) is 54.7 Å². The van der Waals surface area contributed by atoms with Crippen molar-refractivity contribution in [2.45, 2.75) is 24.3 Å². The SMILES string of the molecule is CN1CC(=O)N(c2ccccc2)CC12CCN(C(=O)c1ccccn1)C2.O=C(O)C(F)(F)F.O=C(O)C(F)(F)F. The van der Waals surface area contributed by atoms with Gasteiger partial charge in [-0.1, -0.05) is 24.3 Å². The summed E-state index contributed by atoms with van der Waals surface area (Å²) >= 11 is 0. The average Bonchev–Trinajstić information content (AvgIpc) is 3.32. The molecule has 10 nitrogen and oxygen atoms in total. The monoisotopic (exact) mass is 578 g/mol. The highest BCUT2D eigenvalue weighted by Crippen LogP contribution is 2.33. The third-order valence-corrected chi connectivity index (χ3v) is 5.99. The number of halogens is 6. The topological polar surface area (TPSA) is 131 Å². The molecule has 218 valence electrons. The van der Waals surface area contributed by atoms with Gasteiger partial charge in [-0.2, -0.15) is 26.3 Å². The van der Waals surface area contributed by atoms with Crippen LogP contribution in [0, 0.1) is 0 Å². The molecule has 2 N–H and O–H groups in total. The van der Waals surface area contributed by atoms with E-state index < -0.39 is 24.3 Å². The molecule has 0 saturated carbocycles. The van der Waals surface area contributed by atoms with E-state index in [4.69, 9.17) is 19.8 Å². The number of aromatic nitrogens is 1. The van der Waals surface area contributed by atoms with Gasteiger partial charge in [0, 0.05) is 31.5 Å². The van der Waals surface area contributed by atoms with Crippen molar-refractivity contribution in [3.05, 3.63) is 60.4 Å². The van der Waals surface area contributed by atoms with Gasteiger partial charge in [0.25, 0.3) is 5.91 Å². The third-order valence-electron chi connectivity index (χ3n) is 5.99. The van der Waals surface area contributed by atoms with Crippen molar-refractivity contribution >= 4 is 29.4 Å². The zero-order valence-corrected chi connectivity index (χ0v) is 20.8.